The predicted molar refractivity (Wildman–Crippen MR) is 109 cm³/mol. The smallest absolute Gasteiger partial charge is 0.322 e. The number of benzene rings is 1. The predicted octanol–water partition coefficient (Wildman–Crippen LogP) is 5.03. The van der Waals surface area contributed by atoms with Crippen molar-refractivity contribution in [2.24, 2.45) is 0 Å². The quantitative estimate of drug-likeness (QED) is 0.611. The van der Waals surface area contributed by atoms with Crippen LogP contribution < -0.4 is 10.2 Å². The van der Waals surface area contributed by atoms with Gasteiger partial charge in [-0.3, -0.25) is 14.6 Å². The highest BCUT2D eigenvalue weighted by Crippen LogP contribution is 2.35. The lowest BCUT2D eigenvalue weighted by Gasteiger charge is -2.34. The average molecular weight is 449 g/mol. The molecule has 1 aliphatic heterocycles. The van der Waals surface area contributed by atoms with Crippen molar-refractivity contribution in [3.05, 3.63) is 76.8 Å². The van der Waals surface area contributed by atoms with Crippen molar-refractivity contribution < 1.29 is 22.8 Å². The van der Waals surface area contributed by atoms with E-state index in [4.69, 9.17) is 11.6 Å². The number of carbonyl (C=O) groups is 2. The molecule has 0 unspecified atom stereocenters. The van der Waals surface area contributed by atoms with Crippen molar-refractivity contribution in [2.45, 2.75) is 19.1 Å². The molecule has 3 aromatic rings. The van der Waals surface area contributed by atoms with Crippen LogP contribution in [-0.2, 0) is 6.18 Å². The van der Waals surface area contributed by atoms with Crippen LogP contribution in [0.25, 0.3) is 0 Å². The van der Waals surface area contributed by atoms with Gasteiger partial charge in [-0.25, -0.2) is 0 Å². The van der Waals surface area contributed by atoms with Crippen molar-refractivity contribution in [2.75, 3.05) is 16.8 Å². The molecule has 1 atom stereocenters. The van der Waals surface area contributed by atoms with E-state index in [1.165, 1.54) is 29.3 Å². The molecule has 0 fully saturated rings. The Balaban J connectivity index is 1.69. The Morgan fingerprint density at radius 2 is 1.94 bits per heavy atom. The van der Waals surface area contributed by atoms with Gasteiger partial charge in [0.25, 0.3) is 11.8 Å². The van der Waals surface area contributed by atoms with Crippen LogP contribution in [0.2, 0.25) is 5.15 Å². The molecule has 2 aromatic heterocycles. The van der Waals surface area contributed by atoms with Crippen molar-refractivity contribution in [3.63, 3.8) is 0 Å². The first kappa shape index (κ1) is 20.9. The van der Waals surface area contributed by atoms with E-state index in [-0.39, 0.29) is 29.0 Å². The Morgan fingerprint density at radius 3 is 2.55 bits per heavy atom. The molecule has 10 heteroatoms. The monoisotopic (exact) mass is 448 g/mol. The minimum absolute atomic E-state index is 0.0716. The first-order valence-corrected chi connectivity index (χ1v) is 9.66. The Bertz CT molecular complexity index is 1140. The van der Waals surface area contributed by atoms with Gasteiger partial charge < -0.3 is 14.8 Å². The van der Waals surface area contributed by atoms with Crippen molar-refractivity contribution in [3.8, 4) is 0 Å². The summed E-state index contributed by atoms with van der Waals surface area (Å²) in [6.07, 6.45) is -1.46. The number of amides is 2. The number of hydrogen-bond donors (Lipinski definition) is 1. The second-order valence-electron chi connectivity index (χ2n) is 7.10. The third kappa shape index (κ3) is 3.88. The van der Waals surface area contributed by atoms with Crippen LogP contribution in [0.4, 0.5) is 24.5 Å². The second kappa shape index (κ2) is 7.73. The van der Waals surface area contributed by atoms with E-state index < -0.39 is 23.6 Å². The van der Waals surface area contributed by atoms with E-state index in [2.05, 4.69) is 10.3 Å². The molecule has 3 heterocycles. The van der Waals surface area contributed by atoms with Crippen LogP contribution in [0.5, 0.6) is 0 Å². The maximum absolute atomic E-state index is 13.3. The first-order chi connectivity index (χ1) is 14.7. The summed E-state index contributed by atoms with van der Waals surface area (Å²) in [7, 11) is 0. The zero-order chi connectivity index (χ0) is 22.3. The fourth-order valence-electron chi connectivity index (χ4n) is 3.56. The molecule has 0 bridgehead atoms. The van der Waals surface area contributed by atoms with Gasteiger partial charge in [0.2, 0.25) is 0 Å². The van der Waals surface area contributed by atoms with Crippen LogP contribution in [0.3, 0.4) is 0 Å². The summed E-state index contributed by atoms with van der Waals surface area (Å²) in [5, 5.41) is 2.89. The standard InChI is InChI=1S/C21H16ClF3N4O2/c1-12-11-28(15-6-4-13(5-7-15)21(23,24)25)20(31)18-16(9-17(22)29(12)18)19(30)27-14-3-2-8-26-10-14/h2-10,12H,11H2,1H3,(H,27,30)/t12-/m0/s1. The summed E-state index contributed by atoms with van der Waals surface area (Å²) in [6, 6.07) is 8.72. The lowest BCUT2D eigenvalue weighted by molar-refractivity contribution is -0.137. The molecule has 6 nitrogen and oxygen atoms in total. The molecular weight excluding hydrogens is 433 g/mol. The van der Waals surface area contributed by atoms with Crippen LogP contribution in [0.15, 0.2) is 54.9 Å². The topological polar surface area (TPSA) is 67.2 Å². The number of nitrogens with zero attached hydrogens (tertiary/aromatic N) is 3. The van der Waals surface area contributed by atoms with E-state index in [0.717, 1.165) is 12.1 Å². The van der Waals surface area contributed by atoms with Gasteiger partial charge in [0.05, 0.1) is 29.1 Å². The van der Waals surface area contributed by atoms with Crippen molar-refractivity contribution in [1.82, 2.24) is 9.55 Å². The number of anilines is 2. The normalized spacial score (nSPS) is 16.2. The number of hydrogen-bond acceptors (Lipinski definition) is 3. The van der Waals surface area contributed by atoms with E-state index >= 15 is 0 Å². The molecule has 1 aromatic carbocycles. The molecule has 0 saturated heterocycles. The maximum atomic E-state index is 13.3. The number of rotatable bonds is 3. The van der Waals surface area contributed by atoms with E-state index in [1.54, 1.807) is 22.9 Å². The molecule has 0 radical (unpaired) electrons. The van der Waals surface area contributed by atoms with Crippen LogP contribution >= 0.6 is 11.6 Å². The highest BCUT2D eigenvalue weighted by atomic mass is 35.5. The van der Waals surface area contributed by atoms with Gasteiger partial charge in [0.15, 0.2) is 0 Å². The molecule has 31 heavy (non-hydrogen) atoms. The Labute approximate surface area is 180 Å². The Hall–Kier alpha value is -3.33. The zero-order valence-corrected chi connectivity index (χ0v) is 16.9. The van der Waals surface area contributed by atoms with Gasteiger partial charge in [-0.1, -0.05) is 11.6 Å². The number of nitrogens with one attached hydrogen (secondary N) is 1. The molecule has 0 aliphatic carbocycles. The summed E-state index contributed by atoms with van der Waals surface area (Å²) in [5.74, 6) is -1.07. The Kier molecular flexibility index (Phi) is 5.22. The fraction of sp³-hybridized carbons (Fsp3) is 0.190. The molecule has 1 N–H and O–H groups in total. The van der Waals surface area contributed by atoms with Crippen LogP contribution in [0, 0.1) is 0 Å². The number of alkyl halides is 3. The van der Waals surface area contributed by atoms with Gasteiger partial charge in [-0.15, -0.1) is 0 Å². The number of carbonyl (C=O) groups excluding carboxylic acids is 2. The molecule has 1 aliphatic rings. The van der Waals surface area contributed by atoms with Gasteiger partial charge >= 0.3 is 6.18 Å². The number of halogens is 4. The SMILES string of the molecule is C[C@H]1CN(c2ccc(C(F)(F)F)cc2)C(=O)c2c(C(=O)Nc3cccnc3)cc(Cl)n21. The van der Waals surface area contributed by atoms with E-state index in [1.807, 2.05) is 6.92 Å². The van der Waals surface area contributed by atoms with E-state index in [9.17, 15) is 22.8 Å². The summed E-state index contributed by atoms with van der Waals surface area (Å²) in [4.78, 5) is 31.4. The fourth-order valence-corrected chi connectivity index (χ4v) is 3.92. The minimum atomic E-state index is -4.47. The van der Waals surface area contributed by atoms with Gasteiger partial charge in [-0.05, 0) is 49.4 Å². The zero-order valence-electron chi connectivity index (χ0n) is 16.2. The highest BCUT2D eigenvalue weighted by molar-refractivity contribution is 6.31. The lowest BCUT2D eigenvalue weighted by atomic mass is 10.1. The number of pyridine rings is 1. The maximum Gasteiger partial charge on any atom is 0.416 e. The Morgan fingerprint density at radius 1 is 1.23 bits per heavy atom. The first-order valence-electron chi connectivity index (χ1n) is 9.28. The molecular formula is C21H16ClF3N4O2. The molecule has 4 rings (SSSR count). The molecule has 0 saturated carbocycles. The molecule has 2 amide bonds. The summed E-state index contributed by atoms with van der Waals surface area (Å²) >= 11 is 6.31. The largest absolute Gasteiger partial charge is 0.416 e. The highest BCUT2D eigenvalue weighted by Gasteiger charge is 2.36. The van der Waals surface area contributed by atoms with Crippen molar-refractivity contribution in [1.29, 1.82) is 0 Å². The lowest BCUT2D eigenvalue weighted by Crippen LogP contribution is -2.43. The number of aromatic nitrogens is 2. The second-order valence-corrected chi connectivity index (χ2v) is 7.49. The van der Waals surface area contributed by atoms with Crippen molar-refractivity contribution >= 4 is 34.8 Å². The van der Waals surface area contributed by atoms with Crippen LogP contribution in [0.1, 0.15) is 39.4 Å². The third-order valence-electron chi connectivity index (χ3n) is 5.00. The molecule has 0 spiro atoms. The summed E-state index contributed by atoms with van der Waals surface area (Å²) in [6.45, 7) is 2.00. The minimum Gasteiger partial charge on any atom is -0.322 e. The summed E-state index contributed by atoms with van der Waals surface area (Å²) < 4.78 is 40.2. The molecule has 160 valence electrons. The van der Waals surface area contributed by atoms with Gasteiger partial charge in [0.1, 0.15) is 10.8 Å². The third-order valence-corrected chi connectivity index (χ3v) is 5.29. The van der Waals surface area contributed by atoms with Gasteiger partial charge in [0, 0.05) is 18.4 Å². The average Bonchev–Trinajstić information content (AvgIpc) is 3.09. The summed E-state index contributed by atoms with van der Waals surface area (Å²) in [5.41, 5.74) is 0.0792. The van der Waals surface area contributed by atoms with Gasteiger partial charge in [-0.2, -0.15) is 13.2 Å². The van der Waals surface area contributed by atoms with E-state index in [0.29, 0.717) is 11.4 Å². The van der Waals surface area contributed by atoms with Crippen LogP contribution in [-0.4, -0.2) is 27.9 Å². The number of fused-ring (bicyclic) bond motifs is 1.